The molecule has 0 unspecified atom stereocenters. The Morgan fingerprint density at radius 3 is 2.42 bits per heavy atom. The Kier molecular flexibility index (Phi) is 6.69. The lowest BCUT2D eigenvalue weighted by Gasteiger charge is -2.40. The first-order valence-corrected chi connectivity index (χ1v) is 12.1. The van der Waals surface area contributed by atoms with Crippen molar-refractivity contribution in [1.29, 1.82) is 0 Å². The minimum atomic E-state index is -2.91. The van der Waals surface area contributed by atoms with E-state index < -0.39 is 18.1 Å². The van der Waals surface area contributed by atoms with Gasteiger partial charge in [0.15, 0.2) is 5.11 Å². The topological polar surface area (TPSA) is 48.6 Å². The molecule has 0 spiro atoms. The van der Waals surface area contributed by atoms with Crippen LogP contribution >= 0.6 is 12.2 Å². The van der Waals surface area contributed by atoms with Crippen LogP contribution in [0.1, 0.15) is 38.1 Å². The average molecular weight is 520 g/mol. The van der Waals surface area contributed by atoms with Crippen molar-refractivity contribution in [3.05, 3.63) is 65.6 Å². The number of hydrogen-bond acceptors (Lipinski definition) is 5. The molecule has 190 valence electrons. The van der Waals surface area contributed by atoms with Gasteiger partial charge in [-0.1, -0.05) is 6.07 Å². The van der Waals surface area contributed by atoms with Crippen LogP contribution in [-0.2, 0) is 6.54 Å². The second kappa shape index (κ2) is 9.78. The third kappa shape index (κ3) is 4.69. The molecule has 0 saturated carbocycles. The van der Waals surface area contributed by atoms with Gasteiger partial charge in [-0.15, -0.1) is 10.2 Å². The van der Waals surface area contributed by atoms with E-state index in [0.717, 1.165) is 19.5 Å². The molecule has 0 N–H and O–H groups in total. The zero-order chi connectivity index (χ0) is 25.6. The molecule has 2 bridgehead atoms. The van der Waals surface area contributed by atoms with Gasteiger partial charge in [0, 0.05) is 48.0 Å². The van der Waals surface area contributed by atoms with Crippen molar-refractivity contribution < 1.29 is 22.0 Å². The predicted molar refractivity (Wildman–Crippen MR) is 131 cm³/mol. The van der Waals surface area contributed by atoms with Gasteiger partial charge in [0.05, 0.1) is 6.54 Å². The number of piperazine rings is 1. The summed E-state index contributed by atoms with van der Waals surface area (Å²) in [5.41, 5.74) is 1.16. The van der Waals surface area contributed by atoms with Crippen LogP contribution in [0.5, 0.6) is 0 Å². The number of thiocarbonyl (C=S) groups is 1. The molecule has 2 saturated heterocycles. The molecule has 36 heavy (non-hydrogen) atoms. The number of halogens is 4. The Balaban J connectivity index is 1.40. The first-order chi connectivity index (χ1) is 17.2. The van der Waals surface area contributed by atoms with Gasteiger partial charge in [0.2, 0.25) is 5.89 Å². The number of nitrogens with zero attached hydrogens (tertiary/aromatic N) is 5. The molecule has 2 aliphatic heterocycles. The Bertz CT molecular complexity index is 1250. The predicted octanol–water partition coefficient (Wildman–Crippen LogP) is 5.41. The van der Waals surface area contributed by atoms with Crippen LogP contribution in [0.4, 0.5) is 23.2 Å². The maximum atomic E-state index is 15.2. The fourth-order valence-electron chi connectivity index (χ4n) is 5.03. The summed E-state index contributed by atoms with van der Waals surface area (Å²) in [7, 11) is 0. The van der Waals surface area contributed by atoms with Crippen LogP contribution in [0.3, 0.4) is 0 Å². The van der Waals surface area contributed by atoms with Gasteiger partial charge in [0.1, 0.15) is 11.6 Å². The minimum Gasteiger partial charge on any atom is -0.415 e. The van der Waals surface area contributed by atoms with E-state index in [2.05, 4.69) is 33.8 Å². The highest BCUT2D eigenvalue weighted by atomic mass is 32.1. The Morgan fingerprint density at radius 2 is 1.83 bits per heavy atom. The van der Waals surface area contributed by atoms with Gasteiger partial charge < -0.3 is 14.2 Å². The van der Waals surface area contributed by atoms with E-state index >= 15 is 4.39 Å². The molecule has 1 aromatic heterocycles. The zero-order valence-electron chi connectivity index (χ0n) is 19.7. The molecule has 3 aromatic rings. The lowest BCUT2D eigenvalue weighted by Crippen LogP contribution is -2.54. The Hall–Kier alpha value is -3.05. The zero-order valence-corrected chi connectivity index (χ0v) is 20.6. The number of aromatic nitrogens is 2. The van der Waals surface area contributed by atoms with E-state index in [1.807, 2.05) is 0 Å². The standard InChI is InChI=1S/C25H25F4N5OS/c1-14(2)32-12-20-10-19(32)13-34(20)25(36)33(18-7-5-17(26)6-8-18)11-16-4-3-15(9-21(16)27)23-30-31-24(35-23)22(28)29/h3-9,14,19-20,22H,10-13H2,1-2H3/t19-,20-/m0/s1. The van der Waals surface area contributed by atoms with Crippen LogP contribution in [-0.4, -0.2) is 56.3 Å². The van der Waals surface area contributed by atoms with Crippen LogP contribution in [0.15, 0.2) is 46.9 Å². The molecular weight excluding hydrogens is 494 g/mol. The van der Waals surface area contributed by atoms with E-state index in [9.17, 15) is 13.2 Å². The summed E-state index contributed by atoms with van der Waals surface area (Å²) in [6.07, 6.45) is -1.89. The Labute approximate surface area is 211 Å². The monoisotopic (exact) mass is 519 g/mol. The lowest BCUT2D eigenvalue weighted by atomic mass is 10.1. The van der Waals surface area contributed by atoms with Crippen molar-refractivity contribution in [3.8, 4) is 11.5 Å². The Morgan fingerprint density at radius 1 is 1.08 bits per heavy atom. The fourth-order valence-corrected chi connectivity index (χ4v) is 5.42. The second-order valence-electron chi connectivity index (χ2n) is 9.38. The van der Waals surface area contributed by atoms with Crippen LogP contribution in [0, 0.1) is 11.6 Å². The van der Waals surface area contributed by atoms with Gasteiger partial charge in [-0.05, 0) is 68.9 Å². The van der Waals surface area contributed by atoms with Gasteiger partial charge in [-0.2, -0.15) is 8.78 Å². The van der Waals surface area contributed by atoms with Gasteiger partial charge in [-0.25, -0.2) is 8.78 Å². The maximum absolute atomic E-state index is 15.2. The summed E-state index contributed by atoms with van der Waals surface area (Å²) in [6, 6.07) is 11.3. The quantitative estimate of drug-likeness (QED) is 0.319. The number of anilines is 1. The summed E-state index contributed by atoms with van der Waals surface area (Å²) >= 11 is 5.90. The van der Waals surface area contributed by atoms with Crippen molar-refractivity contribution in [2.45, 2.75) is 51.4 Å². The maximum Gasteiger partial charge on any atom is 0.314 e. The first kappa shape index (κ1) is 24.6. The summed E-state index contributed by atoms with van der Waals surface area (Å²) in [5.74, 6) is -1.97. The molecule has 5 rings (SSSR count). The molecule has 0 amide bonds. The van der Waals surface area contributed by atoms with Crippen LogP contribution < -0.4 is 4.90 Å². The second-order valence-corrected chi connectivity index (χ2v) is 9.75. The third-order valence-electron chi connectivity index (χ3n) is 6.82. The van der Waals surface area contributed by atoms with E-state index in [1.165, 1.54) is 30.3 Å². The van der Waals surface area contributed by atoms with Crippen molar-refractivity contribution in [2.75, 3.05) is 18.0 Å². The molecular formula is C25H25F4N5OS. The van der Waals surface area contributed by atoms with Crippen LogP contribution in [0.25, 0.3) is 11.5 Å². The van der Waals surface area contributed by atoms with Crippen molar-refractivity contribution in [3.63, 3.8) is 0 Å². The molecule has 3 heterocycles. The van der Waals surface area contributed by atoms with E-state index in [0.29, 0.717) is 28.4 Å². The van der Waals surface area contributed by atoms with E-state index in [4.69, 9.17) is 16.6 Å². The lowest BCUT2D eigenvalue weighted by molar-refractivity contribution is 0.116. The number of hydrogen-bond donors (Lipinski definition) is 0. The highest BCUT2D eigenvalue weighted by Gasteiger charge is 2.45. The largest absolute Gasteiger partial charge is 0.415 e. The molecule has 6 nitrogen and oxygen atoms in total. The molecule has 11 heteroatoms. The number of rotatable bonds is 6. The highest BCUT2D eigenvalue weighted by molar-refractivity contribution is 7.80. The fraction of sp³-hybridized carbons (Fsp3) is 0.400. The number of fused-ring (bicyclic) bond motifs is 2. The molecule has 2 aliphatic rings. The van der Waals surface area contributed by atoms with Gasteiger partial charge >= 0.3 is 6.43 Å². The smallest absolute Gasteiger partial charge is 0.314 e. The van der Waals surface area contributed by atoms with Gasteiger partial charge in [0.25, 0.3) is 5.89 Å². The summed E-state index contributed by atoms with van der Waals surface area (Å²) in [5, 5.41) is 7.42. The van der Waals surface area contributed by atoms with E-state index in [-0.39, 0.29) is 29.9 Å². The SMILES string of the molecule is CC(C)N1C[C@@H]2C[C@H]1CN2C(=S)N(Cc1ccc(-c2nnc(C(F)F)o2)cc1F)c1ccc(F)cc1. The van der Waals surface area contributed by atoms with E-state index in [1.54, 1.807) is 17.0 Å². The van der Waals surface area contributed by atoms with Crippen molar-refractivity contribution >= 4 is 23.0 Å². The third-order valence-corrected chi connectivity index (χ3v) is 7.27. The molecule has 0 aliphatic carbocycles. The molecule has 0 radical (unpaired) electrons. The normalized spacial score (nSPS) is 19.6. The molecule has 2 aromatic carbocycles. The first-order valence-electron chi connectivity index (χ1n) is 11.7. The number of benzene rings is 2. The van der Waals surface area contributed by atoms with Gasteiger partial charge in [-0.3, -0.25) is 4.90 Å². The highest BCUT2D eigenvalue weighted by Crippen LogP contribution is 2.34. The summed E-state index contributed by atoms with van der Waals surface area (Å²) < 4.78 is 59.3. The summed E-state index contributed by atoms with van der Waals surface area (Å²) in [6.45, 7) is 6.16. The molecule has 2 atom stereocenters. The van der Waals surface area contributed by atoms with Crippen molar-refractivity contribution in [2.24, 2.45) is 0 Å². The van der Waals surface area contributed by atoms with Crippen molar-refractivity contribution in [1.82, 2.24) is 20.0 Å². The number of likely N-dealkylation sites (tertiary alicyclic amines) is 2. The average Bonchev–Trinajstić information content (AvgIpc) is 3.59. The minimum absolute atomic E-state index is 0.102. The molecule has 2 fully saturated rings. The summed E-state index contributed by atoms with van der Waals surface area (Å²) in [4.78, 5) is 6.45. The number of alkyl halides is 2. The van der Waals surface area contributed by atoms with Crippen LogP contribution in [0.2, 0.25) is 0 Å².